The number of carbonyl (C=O) groups is 1. The fourth-order valence-corrected chi connectivity index (χ4v) is 4.06. The quantitative estimate of drug-likeness (QED) is 0.554. The van der Waals surface area contributed by atoms with Gasteiger partial charge in [0.25, 0.3) is 15.9 Å². The minimum absolute atomic E-state index is 0.128. The zero-order chi connectivity index (χ0) is 21.0. The maximum atomic E-state index is 12.6. The second kappa shape index (κ2) is 8.86. The van der Waals surface area contributed by atoms with Crippen LogP contribution in [0.5, 0.6) is 0 Å². The highest BCUT2D eigenvalue weighted by Crippen LogP contribution is 2.23. The molecule has 0 atom stereocenters. The molecule has 0 radical (unpaired) electrons. The number of hydrogen-bond acceptors (Lipinski definition) is 3. The molecule has 0 aliphatic heterocycles. The molecular formula is C21H18Cl2N2O3S. The zero-order valence-electron chi connectivity index (χ0n) is 15.4. The molecule has 0 fully saturated rings. The summed E-state index contributed by atoms with van der Waals surface area (Å²) in [5.74, 6) is -0.439. The molecule has 0 unspecified atom stereocenters. The minimum atomic E-state index is -3.79. The molecule has 3 rings (SSSR count). The van der Waals surface area contributed by atoms with Crippen LogP contribution >= 0.6 is 23.2 Å². The lowest BCUT2D eigenvalue weighted by Gasteiger charge is -2.12. The number of carbonyl (C=O) groups excluding carboxylic acids is 1. The third-order valence-electron chi connectivity index (χ3n) is 4.19. The number of aryl methyl sites for hydroxylation is 1. The van der Waals surface area contributed by atoms with Crippen molar-refractivity contribution in [2.24, 2.45) is 0 Å². The average Bonchev–Trinajstić information content (AvgIpc) is 2.69. The van der Waals surface area contributed by atoms with Gasteiger partial charge in [-0.1, -0.05) is 59.1 Å². The van der Waals surface area contributed by atoms with Crippen molar-refractivity contribution in [3.05, 3.63) is 93.5 Å². The molecule has 29 heavy (non-hydrogen) atoms. The van der Waals surface area contributed by atoms with E-state index in [1.54, 1.807) is 30.3 Å². The number of rotatable bonds is 6. The van der Waals surface area contributed by atoms with E-state index in [2.05, 4.69) is 10.0 Å². The molecule has 2 N–H and O–H groups in total. The first-order valence-corrected chi connectivity index (χ1v) is 10.9. The summed E-state index contributed by atoms with van der Waals surface area (Å²) in [5, 5.41) is 3.49. The molecule has 0 aromatic heterocycles. The Morgan fingerprint density at radius 2 is 1.62 bits per heavy atom. The molecule has 0 saturated heterocycles. The first-order chi connectivity index (χ1) is 13.8. The molecule has 150 valence electrons. The summed E-state index contributed by atoms with van der Waals surface area (Å²) in [7, 11) is -3.79. The van der Waals surface area contributed by atoms with Gasteiger partial charge in [0.1, 0.15) is 0 Å². The van der Waals surface area contributed by atoms with E-state index in [4.69, 9.17) is 23.2 Å². The highest BCUT2D eigenvalue weighted by atomic mass is 35.5. The van der Waals surface area contributed by atoms with Crippen molar-refractivity contribution < 1.29 is 13.2 Å². The molecule has 0 spiro atoms. The maximum absolute atomic E-state index is 12.6. The Labute approximate surface area is 179 Å². The number of sulfonamides is 1. The average molecular weight is 449 g/mol. The van der Waals surface area contributed by atoms with Crippen LogP contribution in [-0.4, -0.2) is 14.3 Å². The summed E-state index contributed by atoms with van der Waals surface area (Å²) in [6.07, 6.45) is 0. The number of hydrogen-bond donors (Lipinski definition) is 2. The predicted molar refractivity (Wildman–Crippen MR) is 116 cm³/mol. The second-order valence-corrected chi connectivity index (χ2v) is 8.88. The molecule has 1 amide bonds. The van der Waals surface area contributed by atoms with Crippen molar-refractivity contribution >= 4 is 44.8 Å². The Hall–Kier alpha value is -2.54. The van der Waals surface area contributed by atoms with Crippen molar-refractivity contribution in [1.29, 1.82) is 0 Å². The van der Waals surface area contributed by atoms with Crippen LogP contribution in [0.15, 0.2) is 71.6 Å². The van der Waals surface area contributed by atoms with Crippen LogP contribution in [-0.2, 0) is 16.6 Å². The van der Waals surface area contributed by atoms with Crippen LogP contribution < -0.4 is 10.0 Å². The van der Waals surface area contributed by atoms with Gasteiger partial charge in [-0.3, -0.25) is 9.52 Å². The van der Waals surface area contributed by atoms with Gasteiger partial charge in [-0.15, -0.1) is 0 Å². The van der Waals surface area contributed by atoms with E-state index in [0.29, 0.717) is 5.02 Å². The van der Waals surface area contributed by atoms with Gasteiger partial charge >= 0.3 is 0 Å². The number of halogens is 2. The smallest absolute Gasteiger partial charge is 0.261 e. The van der Waals surface area contributed by atoms with Crippen LogP contribution in [0.2, 0.25) is 10.0 Å². The summed E-state index contributed by atoms with van der Waals surface area (Å²) < 4.78 is 27.6. The van der Waals surface area contributed by atoms with Crippen molar-refractivity contribution in [2.75, 3.05) is 4.72 Å². The van der Waals surface area contributed by atoms with Crippen LogP contribution in [0.3, 0.4) is 0 Å². The predicted octanol–water partition coefficient (Wildman–Crippen LogP) is 5.03. The lowest BCUT2D eigenvalue weighted by molar-refractivity contribution is 0.0951. The fraction of sp³-hybridized carbons (Fsp3) is 0.0952. The Morgan fingerprint density at radius 1 is 0.931 bits per heavy atom. The second-order valence-electron chi connectivity index (χ2n) is 6.39. The Morgan fingerprint density at radius 3 is 2.31 bits per heavy atom. The normalized spacial score (nSPS) is 11.1. The Kier molecular flexibility index (Phi) is 6.47. The third kappa shape index (κ3) is 5.29. The van der Waals surface area contributed by atoms with E-state index in [1.165, 1.54) is 30.3 Å². The van der Waals surface area contributed by atoms with Crippen molar-refractivity contribution in [1.82, 2.24) is 5.32 Å². The van der Waals surface area contributed by atoms with E-state index in [9.17, 15) is 13.2 Å². The largest absolute Gasteiger partial charge is 0.348 e. The molecule has 3 aromatic carbocycles. The molecule has 0 bridgehead atoms. The third-order valence-corrected chi connectivity index (χ3v) is 6.29. The van der Waals surface area contributed by atoms with Crippen LogP contribution in [0.4, 0.5) is 5.69 Å². The molecule has 0 saturated carbocycles. The lowest BCUT2D eigenvalue weighted by atomic mass is 10.1. The van der Waals surface area contributed by atoms with Gasteiger partial charge in [0, 0.05) is 17.3 Å². The van der Waals surface area contributed by atoms with Crippen molar-refractivity contribution in [3.63, 3.8) is 0 Å². The molecule has 0 heterocycles. The van der Waals surface area contributed by atoms with Crippen LogP contribution in [0.25, 0.3) is 0 Å². The molecule has 3 aromatic rings. The summed E-state index contributed by atoms with van der Waals surface area (Å²) >= 11 is 12.2. The number of nitrogens with one attached hydrogen (secondary N) is 2. The van der Waals surface area contributed by atoms with E-state index < -0.39 is 15.9 Å². The van der Waals surface area contributed by atoms with E-state index in [1.807, 2.05) is 13.0 Å². The lowest BCUT2D eigenvalue weighted by Crippen LogP contribution is -2.23. The number of anilines is 1. The first kappa shape index (κ1) is 21.2. The fourth-order valence-electron chi connectivity index (χ4n) is 2.61. The first-order valence-electron chi connectivity index (χ1n) is 8.67. The molecule has 8 heteroatoms. The van der Waals surface area contributed by atoms with E-state index in [-0.39, 0.29) is 27.7 Å². The Bertz CT molecular complexity index is 1150. The number of benzene rings is 3. The van der Waals surface area contributed by atoms with Crippen molar-refractivity contribution in [3.8, 4) is 0 Å². The Balaban J connectivity index is 1.78. The van der Waals surface area contributed by atoms with Gasteiger partial charge in [-0.05, 0) is 48.9 Å². The SMILES string of the molecule is Cc1ccc(S(=O)(=O)Nc2ccc(Cl)c(C(=O)NCc3ccccc3Cl)c2)cc1. The highest BCUT2D eigenvalue weighted by molar-refractivity contribution is 7.92. The van der Waals surface area contributed by atoms with E-state index >= 15 is 0 Å². The van der Waals surface area contributed by atoms with Gasteiger partial charge < -0.3 is 5.32 Å². The summed E-state index contributed by atoms with van der Waals surface area (Å²) in [5.41, 5.74) is 2.10. The standard InChI is InChI=1S/C21H18Cl2N2O3S/c1-14-6-9-17(10-7-14)29(27,28)25-16-8-11-20(23)18(12-16)21(26)24-13-15-4-2-3-5-19(15)22/h2-12,25H,13H2,1H3,(H,24,26). The van der Waals surface area contributed by atoms with Crippen LogP contribution in [0.1, 0.15) is 21.5 Å². The number of amides is 1. The summed E-state index contributed by atoms with van der Waals surface area (Å²) in [6.45, 7) is 2.09. The summed E-state index contributed by atoms with van der Waals surface area (Å²) in [6, 6.07) is 18.0. The van der Waals surface area contributed by atoms with E-state index in [0.717, 1.165) is 11.1 Å². The molecule has 5 nitrogen and oxygen atoms in total. The molecule has 0 aliphatic rings. The van der Waals surface area contributed by atoms with Gasteiger partial charge in [0.2, 0.25) is 0 Å². The molecule has 0 aliphatic carbocycles. The highest BCUT2D eigenvalue weighted by Gasteiger charge is 2.17. The van der Waals surface area contributed by atoms with Gasteiger partial charge in [-0.25, -0.2) is 8.42 Å². The van der Waals surface area contributed by atoms with Crippen molar-refractivity contribution in [2.45, 2.75) is 18.4 Å². The van der Waals surface area contributed by atoms with Gasteiger partial charge in [0.05, 0.1) is 15.5 Å². The maximum Gasteiger partial charge on any atom is 0.261 e. The van der Waals surface area contributed by atoms with Crippen LogP contribution in [0, 0.1) is 6.92 Å². The topological polar surface area (TPSA) is 75.3 Å². The summed E-state index contributed by atoms with van der Waals surface area (Å²) in [4.78, 5) is 12.7. The zero-order valence-corrected chi connectivity index (χ0v) is 17.8. The van der Waals surface area contributed by atoms with Gasteiger partial charge in [-0.2, -0.15) is 0 Å². The molecular weight excluding hydrogens is 431 g/mol. The minimum Gasteiger partial charge on any atom is -0.348 e. The monoisotopic (exact) mass is 448 g/mol. The van der Waals surface area contributed by atoms with Gasteiger partial charge in [0.15, 0.2) is 0 Å².